The van der Waals surface area contributed by atoms with Crippen LogP contribution in [-0.2, 0) is 29.2 Å². The maximum Gasteiger partial charge on any atom is 0.426 e. The summed E-state index contributed by atoms with van der Waals surface area (Å²) < 4.78 is 106. The van der Waals surface area contributed by atoms with E-state index in [1.54, 1.807) is 68.4 Å². The van der Waals surface area contributed by atoms with Gasteiger partial charge >= 0.3 is 18.1 Å². The van der Waals surface area contributed by atoms with Crippen LogP contribution >= 0.6 is 10.5 Å². The maximum absolute atomic E-state index is 14.1. The van der Waals surface area contributed by atoms with Gasteiger partial charge in [0, 0.05) is 49.9 Å². The number of carbonyl (C=O) groups is 4. The number of aromatic hydroxyl groups is 1. The first kappa shape index (κ1) is 76.4. The Hall–Kier alpha value is -7.73. The lowest BCUT2D eigenvalue weighted by molar-refractivity contribution is -0.239. The molecule has 0 saturated heterocycles. The molecule has 0 amide bonds. The number of hydrogen-bond acceptors (Lipinski definition) is 11. The highest BCUT2D eigenvalue weighted by molar-refractivity contribution is 7.85. The molecular weight excluding hydrogens is 1310 g/mol. The topological polar surface area (TPSA) is 173 Å². The number of carbonyl (C=O) groups excluding carboxylic acids is 4. The highest BCUT2D eigenvalue weighted by Gasteiger charge is 2.64. The minimum atomic E-state index is -5.27. The van der Waals surface area contributed by atoms with Gasteiger partial charge in [0.2, 0.25) is 6.10 Å². The lowest BCUT2D eigenvalue weighted by Gasteiger charge is -2.60. The Morgan fingerprint density at radius 3 is 1.63 bits per heavy atom. The smallest absolute Gasteiger partial charge is 0.426 e. The molecule has 17 heteroatoms. The zero-order valence-electron chi connectivity index (χ0n) is 59.2. The number of hydrogen-bond donors (Lipinski definition) is 1. The van der Waals surface area contributed by atoms with Crippen LogP contribution in [0.2, 0.25) is 0 Å². The molecule has 0 spiro atoms. The van der Waals surface area contributed by atoms with Crippen LogP contribution in [0.25, 0.3) is 25.1 Å². The van der Waals surface area contributed by atoms with Crippen molar-refractivity contribution in [3.05, 3.63) is 209 Å². The minimum Gasteiger partial charge on any atom is -0.748 e. The van der Waals surface area contributed by atoms with Gasteiger partial charge in [0.25, 0.3) is 0 Å². The second-order valence-electron chi connectivity index (χ2n) is 29.2. The summed E-state index contributed by atoms with van der Waals surface area (Å²) in [7, 11) is -5.21. The molecule has 1 aromatic heterocycles. The molecule has 5 saturated carbocycles. The normalized spacial score (nSPS) is 20.8. The van der Waals surface area contributed by atoms with Gasteiger partial charge in [0.1, 0.15) is 17.0 Å². The van der Waals surface area contributed by atoms with E-state index in [0.717, 1.165) is 49.7 Å². The van der Waals surface area contributed by atoms with Crippen molar-refractivity contribution in [3.8, 4) is 16.4 Å². The van der Waals surface area contributed by atoms with Gasteiger partial charge < -0.3 is 23.9 Å². The third-order valence-electron chi connectivity index (χ3n) is 21.2. The van der Waals surface area contributed by atoms with Crippen LogP contribution in [0, 0.1) is 28.5 Å². The van der Waals surface area contributed by atoms with Gasteiger partial charge in [-0.25, -0.2) is 12.8 Å². The van der Waals surface area contributed by atoms with E-state index in [-0.39, 0.29) is 51.7 Å². The molecule has 14 rings (SSSR count). The highest BCUT2D eigenvalue weighted by Crippen LogP contribution is 2.64. The van der Waals surface area contributed by atoms with E-state index in [9.17, 15) is 49.7 Å². The van der Waals surface area contributed by atoms with Gasteiger partial charge in [-0.2, -0.15) is 13.2 Å². The molecule has 0 aliphatic heterocycles. The van der Waals surface area contributed by atoms with E-state index in [1.807, 2.05) is 37.3 Å². The average molecular weight is 1410 g/mol. The van der Waals surface area contributed by atoms with Crippen LogP contribution < -0.4 is 4.74 Å². The molecule has 6 aliphatic rings. The molecule has 534 valence electrons. The number of fused-ring (bicyclic) bond motifs is 5. The number of alkyl halides is 3. The van der Waals surface area contributed by atoms with Crippen molar-refractivity contribution in [3.63, 3.8) is 0 Å². The zero-order chi connectivity index (χ0) is 72.5. The van der Waals surface area contributed by atoms with E-state index in [0.29, 0.717) is 83.6 Å². The molecule has 6 aliphatic carbocycles. The predicted octanol–water partition coefficient (Wildman–Crippen LogP) is 21.4. The van der Waals surface area contributed by atoms with Crippen molar-refractivity contribution in [2.45, 2.75) is 207 Å². The Labute approximate surface area is 590 Å². The molecule has 11 nitrogen and oxygen atoms in total. The first-order valence-electron chi connectivity index (χ1n) is 35.4. The van der Waals surface area contributed by atoms with Crippen LogP contribution in [0.3, 0.4) is 0 Å². The number of ether oxygens (including phenoxy) is 3. The fourth-order valence-electron chi connectivity index (χ4n) is 14.8. The van der Waals surface area contributed by atoms with Crippen molar-refractivity contribution in [1.82, 2.24) is 0 Å². The highest BCUT2D eigenvalue weighted by atomic mass is 32.2. The Morgan fingerprint density at radius 1 is 0.630 bits per heavy atom. The lowest BCUT2D eigenvalue weighted by Crippen LogP contribution is -2.61. The van der Waals surface area contributed by atoms with Crippen LogP contribution in [0.5, 0.6) is 11.5 Å². The summed E-state index contributed by atoms with van der Waals surface area (Å²) >= 11 is 0. The summed E-state index contributed by atoms with van der Waals surface area (Å²) in [6.07, 6.45) is 3.73. The fourth-order valence-corrected chi connectivity index (χ4v) is 17.8. The van der Waals surface area contributed by atoms with Crippen molar-refractivity contribution < 1.29 is 69.0 Å². The van der Waals surface area contributed by atoms with Gasteiger partial charge in [-0.3, -0.25) is 19.2 Å². The summed E-state index contributed by atoms with van der Waals surface area (Å²) in [5.41, 5.74) is 2.44. The Kier molecular flexibility index (Phi) is 24.5. The van der Waals surface area contributed by atoms with Crippen LogP contribution in [0.1, 0.15) is 232 Å². The van der Waals surface area contributed by atoms with Crippen molar-refractivity contribution in [2.24, 2.45) is 22.7 Å². The molecule has 6 unspecified atom stereocenters. The number of phenols is 1. The molecule has 1 heterocycles. The van der Waals surface area contributed by atoms with Crippen molar-refractivity contribution in [2.75, 3.05) is 5.75 Å². The molecule has 6 atom stereocenters. The zero-order valence-corrected chi connectivity index (χ0v) is 60.9. The van der Waals surface area contributed by atoms with Gasteiger partial charge in [-0.15, -0.1) is 0 Å². The van der Waals surface area contributed by atoms with E-state index in [2.05, 4.69) is 132 Å². The van der Waals surface area contributed by atoms with Crippen LogP contribution in [-0.4, -0.2) is 70.8 Å². The van der Waals surface area contributed by atoms with Gasteiger partial charge in [0.05, 0.1) is 26.7 Å². The molecule has 8 aromatic rings. The molecule has 1 N–H and O–H groups in total. The second-order valence-corrected chi connectivity index (χ2v) is 32.6. The summed E-state index contributed by atoms with van der Waals surface area (Å²) in [6.45, 7) is 20.3. The molecule has 5 fully saturated rings. The number of benzene rings is 7. The largest absolute Gasteiger partial charge is 0.748 e. The molecular formula is C83H96F4O11S2. The van der Waals surface area contributed by atoms with E-state index in [1.165, 1.54) is 49.9 Å². The van der Waals surface area contributed by atoms with Crippen molar-refractivity contribution in [1.29, 1.82) is 0 Å². The minimum absolute atomic E-state index is 0.00100. The average Bonchev–Trinajstić information content (AvgIpc) is 0.894. The van der Waals surface area contributed by atoms with Crippen LogP contribution in [0.15, 0.2) is 164 Å². The number of ketones is 2. The fraction of sp³-hybridized carbons (Fsp3) is 0.446. The first-order valence-corrected chi connectivity index (χ1v) is 38.2. The quantitative estimate of drug-likeness (QED) is 0.0422. The number of rotatable bonds is 16. The third-order valence-corrected chi connectivity index (χ3v) is 24.3. The van der Waals surface area contributed by atoms with Crippen molar-refractivity contribution >= 4 is 64.3 Å². The summed E-state index contributed by atoms with van der Waals surface area (Å²) in [6, 6.07) is 54.0. The molecule has 0 radical (unpaired) electrons. The number of esters is 2. The Balaban J connectivity index is 0.000000151. The third kappa shape index (κ3) is 18.1. The monoisotopic (exact) mass is 1410 g/mol. The molecule has 7 aromatic carbocycles. The van der Waals surface area contributed by atoms with Crippen LogP contribution in [0.4, 0.5) is 17.6 Å². The summed E-state index contributed by atoms with van der Waals surface area (Å²) in [5.74, 6) is -1.61. The predicted molar refractivity (Wildman–Crippen MR) is 388 cm³/mol. The standard InChI is InChI=1S/C20H29F3O7S.C18H16O2.C18H13S.C17H25FO.C10H14O/c1-4-17(2,3)15(24)30-19-8-12-5-13(9-19)7-18(6-12,11-19)16(25)29-14(20(21,22)23)10-31(26,27)28;1-3-11(2)12-8-9-15-16(10-12)18(20)14-7-5-4-6-13(14)17(15)19;1-2-8-14(9-3-1)19-17-12-6-4-10-15(17)16-11-5-7-13-18(16)19;1-4-13(2)14-8-9-16(15(18)12-14)19-17(3)10-6-5-7-11-17;1-3-8(2)9-4-6-10(11)7-5-9/h12-14H,4-11H2,1-3H3,(H,26,27,28);4-11H,3H2,1-2H3;1-13H;8-9,12-13H,4-7,10-11H2,1-3H3;4-8,11H,3H2,1-2H3/q;;+1;;/p-1. The first-order chi connectivity index (χ1) is 47.3. The SMILES string of the molecule is CCC(C)(C)C(=O)OC12CC3CC(C1)CC(C(=O)OC(CS(=O)(=O)[O-])C(F)(F)F)(C3)C2.CCC(C)c1ccc(O)cc1.CCC(C)c1ccc(OC2(C)CCCCC2)c(F)c1.CCC(C)c1ccc2c(c1)C(=O)c1ccccc1C2=O.c1ccc(-[s+]2c3ccccc3c3ccccc32)cc1. The van der Waals surface area contributed by atoms with E-state index >= 15 is 0 Å². The Morgan fingerprint density at radius 2 is 1.11 bits per heavy atom. The summed E-state index contributed by atoms with van der Waals surface area (Å²) in [4.78, 5) is 52.1. The van der Waals surface area contributed by atoms with Gasteiger partial charge in [0.15, 0.2) is 37.4 Å². The lowest BCUT2D eigenvalue weighted by atomic mass is 9.48. The maximum atomic E-state index is 14.1. The second kappa shape index (κ2) is 32.1. The number of phenolic OH excluding ortho intramolecular Hbond substituents is 1. The summed E-state index contributed by atoms with van der Waals surface area (Å²) in [5, 5.41) is 11.8. The van der Waals surface area contributed by atoms with Gasteiger partial charge in [-0.1, -0.05) is 152 Å². The van der Waals surface area contributed by atoms with E-state index in [4.69, 9.17) is 14.6 Å². The molecule has 4 bridgehead atoms. The number of halogens is 4. The molecule has 100 heavy (non-hydrogen) atoms. The Bertz CT molecular complexity index is 4220. The van der Waals surface area contributed by atoms with Gasteiger partial charge in [-0.05, 0) is 217 Å². The number of thiophene rings is 1. The van der Waals surface area contributed by atoms with E-state index < -0.39 is 56.5 Å².